The Morgan fingerprint density at radius 1 is 1.40 bits per heavy atom. The first-order valence-corrected chi connectivity index (χ1v) is 8.81. The lowest BCUT2D eigenvalue weighted by Crippen LogP contribution is -2.33. The summed E-state index contributed by atoms with van der Waals surface area (Å²) < 4.78 is 1.97. The van der Waals surface area contributed by atoms with Gasteiger partial charge in [0.05, 0.1) is 15.4 Å². The maximum Gasteiger partial charge on any atom is 0.294 e. The molecule has 3 aromatic heterocycles. The largest absolute Gasteiger partial charge is 0.350 e. The highest BCUT2D eigenvalue weighted by Gasteiger charge is 2.16. The summed E-state index contributed by atoms with van der Waals surface area (Å²) in [5.74, 6) is -0.0380. The van der Waals surface area contributed by atoms with Crippen molar-refractivity contribution in [3.63, 3.8) is 0 Å². The maximum absolute atomic E-state index is 12.6. The summed E-state index contributed by atoms with van der Waals surface area (Å²) in [5, 5.41) is 7.94. The van der Waals surface area contributed by atoms with Crippen LogP contribution in [0, 0.1) is 6.92 Å². The van der Waals surface area contributed by atoms with Crippen LogP contribution in [0.4, 0.5) is 0 Å². The van der Waals surface area contributed by atoms with Crippen LogP contribution in [0.5, 0.6) is 0 Å². The number of fused-ring (bicyclic) bond motifs is 1. The fraction of sp³-hybridized carbons (Fsp3) is 0.353. The molecule has 130 valence electrons. The summed E-state index contributed by atoms with van der Waals surface area (Å²) in [6.45, 7) is 6.12. The number of pyridine rings is 1. The van der Waals surface area contributed by atoms with Gasteiger partial charge in [0.2, 0.25) is 5.91 Å². The number of aromatic nitrogens is 4. The number of amides is 1. The molecule has 0 fully saturated rings. The van der Waals surface area contributed by atoms with Crippen LogP contribution in [0.15, 0.2) is 29.3 Å². The van der Waals surface area contributed by atoms with Gasteiger partial charge in [-0.2, -0.15) is 5.10 Å². The zero-order valence-electron chi connectivity index (χ0n) is 14.3. The standard InChI is InChI=1S/C17H19N5O2S/c1-10(2)16-20-14-15(25-16)11(3)21-22(17(14)24)9-13(23)19-8-12-5-4-6-18-7-12/h4-7,10H,8-9H2,1-3H3,(H,19,23). The molecule has 0 saturated carbocycles. The van der Waals surface area contributed by atoms with E-state index >= 15 is 0 Å². The molecule has 0 aliphatic rings. The molecule has 0 saturated heterocycles. The number of aryl methyl sites for hydroxylation is 1. The van der Waals surface area contributed by atoms with E-state index < -0.39 is 0 Å². The minimum absolute atomic E-state index is 0.135. The predicted octanol–water partition coefficient (Wildman–Crippen LogP) is 2.00. The highest BCUT2D eigenvalue weighted by atomic mass is 32.1. The third-order valence-corrected chi connectivity index (χ3v) is 5.14. The van der Waals surface area contributed by atoms with E-state index in [1.54, 1.807) is 18.5 Å². The zero-order chi connectivity index (χ0) is 18.0. The lowest BCUT2D eigenvalue weighted by Gasteiger charge is -2.07. The van der Waals surface area contributed by atoms with Gasteiger partial charge in [0, 0.05) is 24.9 Å². The molecule has 1 amide bonds. The summed E-state index contributed by atoms with van der Waals surface area (Å²) in [6.07, 6.45) is 3.36. The molecule has 0 atom stereocenters. The van der Waals surface area contributed by atoms with Gasteiger partial charge >= 0.3 is 0 Å². The summed E-state index contributed by atoms with van der Waals surface area (Å²) in [7, 11) is 0. The number of rotatable bonds is 5. The van der Waals surface area contributed by atoms with Crippen molar-refractivity contribution in [1.29, 1.82) is 0 Å². The minimum Gasteiger partial charge on any atom is -0.350 e. The van der Waals surface area contributed by atoms with Crippen molar-refractivity contribution in [2.75, 3.05) is 0 Å². The second-order valence-corrected chi connectivity index (χ2v) is 7.10. The van der Waals surface area contributed by atoms with Gasteiger partial charge in [-0.1, -0.05) is 19.9 Å². The highest BCUT2D eigenvalue weighted by molar-refractivity contribution is 7.18. The predicted molar refractivity (Wildman–Crippen MR) is 96.6 cm³/mol. The molecule has 3 rings (SSSR count). The number of carbonyl (C=O) groups is 1. The van der Waals surface area contributed by atoms with Gasteiger partial charge in [-0.25, -0.2) is 9.67 Å². The zero-order valence-corrected chi connectivity index (χ0v) is 15.1. The summed E-state index contributed by atoms with van der Waals surface area (Å²) in [5.41, 5.74) is 1.66. The van der Waals surface area contributed by atoms with Crippen LogP contribution < -0.4 is 10.9 Å². The van der Waals surface area contributed by atoms with E-state index in [-0.39, 0.29) is 23.9 Å². The van der Waals surface area contributed by atoms with Gasteiger partial charge in [-0.15, -0.1) is 11.3 Å². The third kappa shape index (κ3) is 3.74. The van der Waals surface area contributed by atoms with E-state index in [1.807, 2.05) is 26.8 Å². The normalized spacial score (nSPS) is 11.2. The molecule has 0 radical (unpaired) electrons. The first kappa shape index (κ1) is 17.2. The molecule has 0 aliphatic heterocycles. The lowest BCUT2D eigenvalue weighted by molar-refractivity contribution is -0.122. The molecule has 0 aliphatic carbocycles. The van der Waals surface area contributed by atoms with Gasteiger partial charge in [0.15, 0.2) is 5.52 Å². The second-order valence-electron chi connectivity index (χ2n) is 6.07. The van der Waals surface area contributed by atoms with Crippen molar-refractivity contribution < 1.29 is 4.79 Å². The van der Waals surface area contributed by atoms with Crippen LogP contribution in [0.25, 0.3) is 10.2 Å². The molecule has 0 aromatic carbocycles. The van der Waals surface area contributed by atoms with Crippen LogP contribution in [-0.2, 0) is 17.9 Å². The SMILES string of the molecule is Cc1nn(CC(=O)NCc2cccnc2)c(=O)c2nc(C(C)C)sc12. The summed E-state index contributed by atoms with van der Waals surface area (Å²) in [6, 6.07) is 3.68. The Hall–Kier alpha value is -2.61. The fourth-order valence-corrected chi connectivity index (χ4v) is 3.37. The minimum atomic E-state index is -0.333. The average Bonchev–Trinajstić information content (AvgIpc) is 3.05. The lowest BCUT2D eigenvalue weighted by atomic mass is 10.2. The third-order valence-electron chi connectivity index (χ3n) is 3.68. The van der Waals surface area contributed by atoms with Crippen LogP contribution >= 0.6 is 11.3 Å². The van der Waals surface area contributed by atoms with Crippen molar-refractivity contribution >= 4 is 27.5 Å². The van der Waals surface area contributed by atoms with E-state index in [9.17, 15) is 9.59 Å². The average molecular weight is 357 g/mol. The summed E-state index contributed by atoms with van der Waals surface area (Å²) in [4.78, 5) is 33.2. The number of thiazole rings is 1. The molecule has 8 heteroatoms. The fourth-order valence-electron chi connectivity index (χ4n) is 2.37. The molecule has 25 heavy (non-hydrogen) atoms. The molecule has 0 unspecified atom stereocenters. The quantitative estimate of drug-likeness (QED) is 0.754. The maximum atomic E-state index is 12.6. The monoisotopic (exact) mass is 357 g/mol. The van der Waals surface area contributed by atoms with Gasteiger partial charge in [0.25, 0.3) is 5.56 Å². The van der Waals surface area contributed by atoms with Crippen molar-refractivity contribution in [1.82, 2.24) is 25.1 Å². The molecule has 3 aromatic rings. The van der Waals surface area contributed by atoms with E-state index in [0.29, 0.717) is 17.8 Å². The molecule has 0 bridgehead atoms. The Labute approximate surface area is 148 Å². The van der Waals surface area contributed by atoms with E-state index in [2.05, 4.69) is 20.4 Å². The number of hydrogen-bond donors (Lipinski definition) is 1. The molecular weight excluding hydrogens is 338 g/mol. The van der Waals surface area contributed by atoms with Crippen LogP contribution in [0.3, 0.4) is 0 Å². The topological polar surface area (TPSA) is 89.8 Å². The number of nitrogens with zero attached hydrogens (tertiary/aromatic N) is 4. The van der Waals surface area contributed by atoms with Gasteiger partial charge in [-0.05, 0) is 18.6 Å². The Bertz CT molecular complexity index is 962. The first-order valence-electron chi connectivity index (χ1n) is 7.99. The van der Waals surface area contributed by atoms with Crippen molar-refractivity contribution in [2.24, 2.45) is 0 Å². The Morgan fingerprint density at radius 2 is 2.20 bits per heavy atom. The van der Waals surface area contributed by atoms with Gasteiger partial charge in [-0.3, -0.25) is 14.6 Å². The van der Waals surface area contributed by atoms with Crippen molar-refractivity contribution in [2.45, 2.75) is 39.8 Å². The molecule has 7 nitrogen and oxygen atoms in total. The molecule has 1 N–H and O–H groups in total. The number of carbonyl (C=O) groups excluding carboxylic acids is 1. The van der Waals surface area contributed by atoms with Crippen LogP contribution in [0.1, 0.15) is 36.0 Å². The van der Waals surface area contributed by atoms with Gasteiger partial charge in [0.1, 0.15) is 6.54 Å². The molecule has 3 heterocycles. The first-order chi connectivity index (χ1) is 12.0. The Balaban J connectivity index is 1.80. The van der Waals surface area contributed by atoms with Gasteiger partial charge < -0.3 is 5.32 Å². The highest BCUT2D eigenvalue weighted by Crippen LogP contribution is 2.26. The van der Waals surface area contributed by atoms with E-state index in [0.717, 1.165) is 15.3 Å². The van der Waals surface area contributed by atoms with Crippen molar-refractivity contribution in [3.8, 4) is 0 Å². The second kappa shape index (κ2) is 7.10. The molecular formula is C17H19N5O2S. The van der Waals surface area contributed by atoms with Crippen LogP contribution in [0.2, 0.25) is 0 Å². The Morgan fingerprint density at radius 3 is 2.88 bits per heavy atom. The van der Waals surface area contributed by atoms with E-state index in [4.69, 9.17) is 0 Å². The van der Waals surface area contributed by atoms with Crippen molar-refractivity contribution in [3.05, 3.63) is 51.1 Å². The number of hydrogen-bond acceptors (Lipinski definition) is 6. The molecule has 0 spiro atoms. The summed E-state index contributed by atoms with van der Waals surface area (Å²) >= 11 is 1.49. The number of nitrogens with one attached hydrogen (secondary N) is 1. The van der Waals surface area contributed by atoms with Crippen LogP contribution in [-0.4, -0.2) is 25.7 Å². The van der Waals surface area contributed by atoms with E-state index in [1.165, 1.54) is 16.0 Å². The smallest absolute Gasteiger partial charge is 0.294 e. The Kier molecular flexibility index (Phi) is 4.89.